The molecule has 0 saturated carbocycles. The van der Waals surface area contributed by atoms with Gasteiger partial charge < -0.3 is 9.84 Å². The molecule has 0 amide bonds. The zero-order valence-electron chi connectivity index (χ0n) is 13.4. The Morgan fingerprint density at radius 3 is 2.57 bits per heavy atom. The van der Waals surface area contributed by atoms with Crippen LogP contribution in [0.2, 0.25) is 0 Å². The van der Waals surface area contributed by atoms with Crippen molar-refractivity contribution in [2.75, 3.05) is 7.05 Å². The summed E-state index contributed by atoms with van der Waals surface area (Å²) in [4.78, 5) is 13.1. The van der Waals surface area contributed by atoms with Crippen LogP contribution in [-0.2, 0) is 11.3 Å². The van der Waals surface area contributed by atoms with Gasteiger partial charge in [0.05, 0.1) is 0 Å². The predicted octanol–water partition coefficient (Wildman–Crippen LogP) is 2.66. The molecular formula is C19H19NO3. The Morgan fingerprint density at radius 1 is 1.13 bits per heavy atom. The van der Waals surface area contributed by atoms with Crippen molar-refractivity contribution in [3.63, 3.8) is 0 Å². The van der Waals surface area contributed by atoms with E-state index in [0.717, 1.165) is 5.56 Å². The van der Waals surface area contributed by atoms with E-state index in [4.69, 9.17) is 4.74 Å². The van der Waals surface area contributed by atoms with E-state index < -0.39 is 11.3 Å². The van der Waals surface area contributed by atoms with Crippen LogP contribution in [0.15, 0.2) is 42.5 Å². The standard InChI is InChI=1S/C19H19NO3/c1-11(2)12-8-9-15-16(10-12)23-19(22)14-7-5-4-6-13(14)17(21)18(15,19)20-3/h4-11,20,22H,1-3H3. The zero-order valence-corrected chi connectivity index (χ0v) is 13.4. The molecule has 0 spiro atoms. The van der Waals surface area contributed by atoms with E-state index in [9.17, 15) is 9.90 Å². The van der Waals surface area contributed by atoms with Crippen LogP contribution in [0.1, 0.15) is 46.8 Å². The van der Waals surface area contributed by atoms with Crippen molar-refractivity contribution in [1.82, 2.24) is 5.32 Å². The van der Waals surface area contributed by atoms with Crippen LogP contribution in [-0.4, -0.2) is 17.9 Å². The number of hydrogen-bond acceptors (Lipinski definition) is 4. The lowest BCUT2D eigenvalue weighted by Gasteiger charge is -2.33. The van der Waals surface area contributed by atoms with E-state index >= 15 is 0 Å². The van der Waals surface area contributed by atoms with Crippen LogP contribution in [0.5, 0.6) is 5.75 Å². The van der Waals surface area contributed by atoms with Crippen molar-refractivity contribution in [2.24, 2.45) is 0 Å². The van der Waals surface area contributed by atoms with Gasteiger partial charge in [-0.05, 0) is 24.6 Å². The van der Waals surface area contributed by atoms with Crippen LogP contribution in [0, 0.1) is 0 Å². The second-order valence-electron chi connectivity index (χ2n) is 6.53. The van der Waals surface area contributed by atoms with Crippen molar-refractivity contribution >= 4 is 5.78 Å². The molecule has 0 bridgehead atoms. The van der Waals surface area contributed by atoms with Gasteiger partial charge in [0.2, 0.25) is 0 Å². The Balaban J connectivity index is 2.00. The summed E-state index contributed by atoms with van der Waals surface area (Å²) in [5.74, 6) is -0.967. The molecule has 4 rings (SSSR count). The van der Waals surface area contributed by atoms with Crippen LogP contribution in [0.4, 0.5) is 0 Å². The van der Waals surface area contributed by atoms with E-state index in [-0.39, 0.29) is 5.78 Å². The minimum atomic E-state index is -1.71. The van der Waals surface area contributed by atoms with Crippen LogP contribution in [0.25, 0.3) is 0 Å². The average molecular weight is 309 g/mol. The molecule has 2 atom stereocenters. The highest BCUT2D eigenvalue weighted by Crippen LogP contribution is 2.58. The number of aliphatic hydroxyl groups is 1. The Kier molecular flexibility index (Phi) is 2.78. The third kappa shape index (κ3) is 1.50. The molecule has 1 aliphatic carbocycles. The molecular weight excluding hydrogens is 290 g/mol. The summed E-state index contributed by atoms with van der Waals surface area (Å²) < 4.78 is 5.97. The number of ketones is 1. The molecule has 0 saturated heterocycles. The van der Waals surface area contributed by atoms with Gasteiger partial charge in [0.1, 0.15) is 5.75 Å². The summed E-state index contributed by atoms with van der Waals surface area (Å²) in [7, 11) is 1.68. The predicted molar refractivity (Wildman–Crippen MR) is 86.6 cm³/mol. The molecule has 2 unspecified atom stereocenters. The van der Waals surface area contributed by atoms with Crippen molar-refractivity contribution in [1.29, 1.82) is 0 Å². The summed E-state index contributed by atoms with van der Waals surface area (Å²) in [6, 6.07) is 12.9. The fourth-order valence-corrected chi connectivity index (χ4v) is 3.84. The minimum absolute atomic E-state index is 0.158. The molecule has 0 fully saturated rings. The lowest BCUT2D eigenvalue weighted by atomic mass is 9.82. The number of rotatable bonds is 2. The average Bonchev–Trinajstić information content (AvgIpc) is 2.92. The number of fused-ring (bicyclic) bond motifs is 5. The van der Waals surface area contributed by atoms with Crippen LogP contribution >= 0.6 is 0 Å². The number of ether oxygens (including phenoxy) is 1. The minimum Gasteiger partial charge on any atom is -0.455 e. The Morgan fingerprint density at radius 2 is 1.87 bits per heavy atom. The van der Waals surface area contributed by atoms with E-state index in [2.05, 4.69) is 19.2 Å². The van der Waals surface area contributed by atoms with E-state index in [0.29, 0.717) is 28.4 Å². The second kappa shape index (κ2) is 4.43. The molecule has 4 nitrogen and oxygen atoms in total. The largest absolute Gasteiger partial charge is 0.455 e. The molecule has 2 aliphatic rings. The SMILES string of the molecule is CNC12C(=O)c3ccccc3C1(O)Oc1cc(C(C)C)ccc12. The molecule has 118 valence electrons. The van der Waals surface area contributed by atoms with Gasteiger partial charge in [-0.15, -0.1) is 0 Å². The summed E-state index contributed by atoms with van der Waals surface area (Å²) in [5.41, 5.74) is 1.53. The highest BCUT2D eigenvalue weighted by molar-refractivity contribution is 6.10. The molecule has 0 radical (unpaired) electrons. The maximum atomic E-state index is 13.1. The van der Waals surface area contributed by atoms with Gasteiger partial charge in [-0.3, -0.25) is 10.1 Å². The van der Waals surface area contributed by atoms with Gasteiger partial charge in [0, 0.05) is 16.7 Å². The molecule has 4 heteroatoms. The van der Waals surface area contributed by atoms with Gasteiger partial charge in [0.25, 0.3) is 5.79 Å². The lowest BCUT2D eigenvalue weighted by Crippen LogP contribution is -2.57. The summed E-state index contributed by atoms with van der Waals surface area (Å²) in [6.45, 7) is 4.20. The molecule has 2 N–H and O–H groups in total. The summed E-state index contributed by atoms with van der Waals surface area (Å²) in [6.07, 6.45) is 0. The maximum absolute atomic E-state index is 13.1. The number of hydrogen-bond donors (Lipinski definition) is 2. The molecule has 2 aromatic rings. The van der Waals surface area contributed by atoms with E-state index in [1.165, 1.54) is 0 Å². The normalized spacial score (nSPS) is 27.6. The third-order valence-electron chi connectivity index (χ3n) is 5.09. The van der Waals surface area contributed by atoms with Gasteiger partial charge in [-0.25, -0.2) is 0 Å². The topological polar surface area (TPSA) is 58.6 Å². The highest BCUT2D eigenvalue weighted by atomic mass is 16.6. The first kappa shape index (κ1) is 14.4. The number of Topliss-reactive ketones (excluding diaryl/α,β-unsaturated/α-hetero) is 1. The monoisotopic (exact) mass is 309 g/mol. The van der Waals surface area contributed by atoms with Gasteiger partial charge in [-0.1, -0.05) is 50.2 Å². The zero-order chi connectivity index (χ0) is 16.4. The quantitative estimate of drug-likeness (QED) is 0.895. The van der Waals surface area contributed by atoms with Gasteiger partial charge >= 0.3 is 0 Å². The first-order chi connectivity index (χ1) is 11.0. The second-order valence-corrected chi connectivity index (χ2v) is 6.53. The van der Waals surface area contributed by atoms with Crippen LogP contribution in [0.3, 0.4) is 0 Å². The summed E-state index contributed by atoms with van der Waals surface area (Å²) in [5, 5.41) is 14.4. The molecule has 1 heterocycles. The number of likely N-dealkylation sites (N-methyl/N-ethyl adjacent to an activating group) is 1. The smallest absolute Gasteiger partial charge is 0.266 e. The molecule has 23 heavy (non-hydrogen) atoms. The maximum Gasteiger partial charge on any atom is 0.266 e. The lowest BCUT2D eigenvalue weighted by molar-refractivity contribution is -0.170. The number of carbonyl (C=O) groups excluding carboxylic acids is 1. The Bertz CT molecular complexity index is 829. The molecule has 1 aliphatic heterocycles. The van der Waals surface area contributed by atoms with Crippen LogP contribution < -0.4 is 10.1 Å². The number of carbonyl (C=O) groups is 1. The Hall–Kier alpha value is -2.17. The number of benzene rings is 2. The fraction of sp³-hybridized carbons (Fsp3) is 0.316. The van der Waals surface area contributed by atoms with E-state index in [1.54, 1.807) is 25.2 Å². The first-order valence-corrected chi connectivity index (χ1v) is 7.84. The first-order valence-electron chi connectivity index (χ1n) is 7.84. The molecule has 2 aromatic carbocycles. The van der Waals surface area contributed by atoms with Crippen molar-refractivity contribution in [3.8, 4) is 5.75 Å². The highest BCUT2D eigenvalue weighted by Gasteiger charge is 2.70. The van der Waals surface area contributed by atoms with Crippen molar-refractivity contribution in [3.05, 3.63) is 64.7 Å². The fourth-order valence-electron chi connectivity index (χ4n) is 3.84. The van der Waals surface area contributed by atoms with Gasteiger partial charge in [0.15, 0.2) is 11.3 Å². The van der Waals surface area contributed by atoms with E-state index in [1.807, 2.05) is 24.3 Å². The van der Waals surface area contributed by atoms with Crippen molar-refractivity contribution in [2.45, 2.75) is 31.1 Å². The Labute approximate surface area is 135 Å². The number of nitrogens with one attached hydrogen (secondary N) is 1. The third-order valence-corrected chi connectivity index (χ3v) is 5.09. The van der Waals surface area contributed by atoms with Crippen molar-refractivity contribution < 1.29 is 14.6 Å². The molecule has 0 aromatic heterocycles. The van der Waals surface area contributed by atoms with Gasteiger partial charge in [-0.2, -0.15) is 0 Å². The summed E-state index contributed by atoms with van der Waals surface area (Å²) >= 11 is 0.